The van der Waals surface area contributed by atoms with Crippen molar-refractivity contribution in [2.75, 3.05) is 13.6 Å². The van der Waals surface area contributed by atoms with Crippen LogP contribution in [0.2, 0.25) is 0 Å². The topological polar surface area (TPSA) is 46.3 Å². The average molecular weight is 327 g/mol. The number of amides is 1. The van der Waals surface area contributed by atoms with Crippen LogP contribution in [-0.4, -0.2) is 24.4 Å². The highest BCUT2D eigenvalue weighted by Gasteiger charge is 2.24. The van der Waals surface area contributed by atoms with Crippen LogP contribution in [0.5, 0.6) is 0 Å². The molecule has 1 rings (SSSR count). The van der Waals surface area contributed by atoms with E-state index in [1.165, 1.54) is 5.56 Å². The number of halogens is 1. The molecule has 0 saturated heterocycles. The van der Waals surface area contributed by atoms with E-state index in [9.17, 15) is 4.79 Å². The second-order valence-corrected chi connectivity index (χ2v) is 6.27. The van der Waals surface area contributed by atoms with Crippen molar-refractivity contribution < 1.29 is 4.79 Å². The van der Waals surface area contributed by atoms with Crippen LogP contribution >= 0.6 is 15.9 Å². The highest BCUT2D eigenvalue weighted by atomic mass is 79.9. The predicted molar refractivity (Wildman–Crippen MR) is 82.7 cm³/mol. The largest absolute Gasteiger partial charge is 0.341 e. The molecule has 0 aliphatic rings. The molecule has 4 heteroatoms. The molecule has 1 atom stereocenters. The van der Waals surface area contributed by atoms with Gasteiger partial charge in [0.05, 0.1) is 5.92 Å². The molecule has 0 aliphatic heterocycles. The zero-order chi connectivity index (χ0) is 14.6. The zero-order valence-corrected chi connectivity index (χ0v) is 13.7. The third-order valence-electron chi connectivity index (χ3n) is 3.47. The summed E-state index contributed by atoms with van der Waals surface area (Å²) in [5.41, 5.74) is 8.05. The second kappa shape index (κ2) is 7.06. The zero-order valence-electron chi connectivity index (χ0n) is 12.1. The van der Waals surface area contributed by atoms with Gasteiger partial charge in [-0.1, -0.05) is 35.8 Å². The molecule has 0 spiro atoms. The molecule has 0 bridgehead atoms. The summed E-state index contributed by atoms with van der Waals surface area (Å²) in [7, 11) is 1.84. The van der Waals surface area contributed by atoms with Gasteiger partial charge in [-0.2, -0.15) is 0 Å². The summed E-state index contributed by atoms with van der Waals surface area (Å²) in [5.74, 6) is 0.290. The normalized spacial score (nSPS) is 12.6. The van der Waals surface area contributed by atoms with Crippen molar-refractivity contribution in [3.63, 3.8) is 0 Å². The third kappa shape index (κ3) is 4.32. The van der Waals surface area contributed by atoms with Crippen molar-refractivity contribution in [2.24, 2.45) is 17.6 Å². The van der Waals surface area contributed by atoms with Crippen molar-refractivity contribution in [1.82, 2.24) is 4.90 Å². The van der Waals surface area contributed by atoms with Crippen molar-refractivity contribution >= 4 is 21.8 Å². The van der Waals surface area contributed by atoms with Gasteiger partial charge in [0.25, 0.3) is 0 Å². The fraction of sp³-hybridized carbons (Fsp3) is 0.533. The highest BCUT2D eigenvalue weighted by Crippen LogP contribution is 2.19. The number of nitrogens with zero attached hydrogens (tertiary/aromatic N) is 1. The van der Waals surface area contributed by atoms with Gasteiger partial charge in [-0.15, -0.1) is 0 Å². The Kier molecular flexibility index (Phi) is 6.01. The summed E-state index contributed by atoms with van der Waals surface area (Å²) >= 11 is 3.47. The first-order chi connectivity index (χ1) is 8.86. The second-order valence-electron chi connectivity index (χ2n) is 5.35. The molecule has 1 aromatic rings. The van der Waals surface area contributed by atoms with Gasteiger partial charge < -0.3 is 10.6 Å². The minimum Gasteiger partial charge on any atom is -0.341 e. The van der Waals surface area contributed by atoms with Gasteiger partial charge >= 0.3 is 0 Å². The third-order valence-corrected chi connectivity index (χ3v) is 3.96. The predicted octanol–water partition coefficient (Wildman–Crippen LogP) is 2.95. The Morgan fingerprint density at radius 1 is 1.42 bits per heavy atom. The molecule has 3 nitrogen and oxygen atoms in total. The summed E-state index contributed by atoms with van der Waals surface area (Å²) < 4.78 is 1.04. The van der Waals surface area contributed by atoms with Crippen LogP contribution in [0.15, 0.2) is 22.7 Å². The first-order valence-corrected chi connectivity index (χ1v) is 7.36. The maximum absolute atomic E-state index is 12.4. The molecule has 106 valence electrons. The lowest BCUT2D eigenvalue weighted by Crippen LogP contribution is -2.39. The molecule has 0 aromatic heterocycles. The smallest absolute Gasteiger partial charge is 0.227 e. The molecular formula is C15H23BrN2O. The summed E-state index contributed by atoms with van der Waals surface area (Å²) in [5, 5.41) is 0. The first kappa shape index (κ1) is 16.2. The summed E-state index contributed by atoms with van der Waals surface area (Å²) in [6, 6.07) is 6.13. The highest BCUT2D eigenvalue weighted by molar-refractivity contribution is 9.10. The lowest BCUT2D eigenvalue weighted by atomic mass is 9.94. The van der Waals surface area contributed by atoms with Crippen LogP contribution in [0, 0.1) is 18.8 Å². The lowest BCUT2D eigenvalue weighted by Gasteiger charge is -2.26. The SMILES string of the molecule is Cc1ccc(Br)cc1CN(C)C(=O)C(CN)C(C)C. The Balaban J connectivity index is 2.81. The number of hydrogen-bond acceptors (Lipinski definition) is 2. The Labute approximate surface area is 124 Å². The van der Waals surface area contributed by atoms with E-state index in [-0.39, 0.29) is 17.7 Å². The van der Waals surface area contributed by atoms with E-state index in [1.807, 2.05) is 27.0 Å². The number of carbonyl (C=O) groups excluding carboxylic acids is 1. The van der Waals surface area contributed by atoms with Gasteiger partial charge in [-0.25, -0.2) is 0 Å². The molecule has 0 radical (unpaired) electrons. The Morgan fingerprint density at radius 3 is 2.58 bits per heavy atom. The van der Waals surface area contributed by atoms with Gasteiger partial charge in [0.1, 0.15) is 0 Å². The van der Waals surface area contributed by atoms with Crippen LogP contribution in [0.4, 0.5) is 0 Å². The fourth-order valence-electron chi connectivity index (χ4n) is 2.09. The van der Waals surface area contributed by atoms with E-state index in [0.717, 1.165) is 10.0 Å². The Bertz CT molecular complexity index is 446. The fourth-order valence-corrected chi connectivity index (χ4v) is 2.49. The standard InChI is InChI=1S/C15H23BrN2O/c1-10(2)14(8-17)15(19)18(4)9-12-7-13(16)6-5-11(12)3/h5-7,10,14H,8-9,17H2,1-4H3. The Hall–Kier alpha value is -0.870. The van der Waals surface area contributed by atoms with Crippen LogP contribution in [-0.2, 0) is 11.3 Å². The molecular weight excluding hydrogens is 304 g/mol. The molecule has 1 amide bonds. The molecule has 2 N–H and O–H groups in total. The molecule has 1 unspecified atom stereocenters. The number of benzene rings is 1. The van der Waals surface area contributed by atoms with Crippen molar-refractivity contribution in [3.05, 3.63) is 33.8 Å². The van der Waals surface area contributed by atoms with Gasteiger partial charge in [0, 0.05) is 24.6 Å². The maximum atomic E-state index is 12.4. The molecule has 0 aliphatic carbocycles. The number of aryl methyl sites for hydroxylation is 1. The van der Waals surface area contributed by atoms with E-state index in [0.29, 0.717) is 13.1 Å². The monoisotopic (exact) mass is 326 g/mol. The van der Waals surface area contributed by atoms with Crippen LogP contribution in [0.3, 0.4) is 0 Å². The molecule has 0 heterocycles. The van der Waals surface area contributed by atoms with E-state index in [2.05, 4.69) is 35.0 Å². The minimum absolute atomic E-state index is 0.0996. The number of carbonyl (C=O) groups is 1. The molecule has 0 saturated carbocycles. The molecule has 1 aromatic carbocycles. The molecule has 19 heavy (non-hydrogen) atoms. The lowest BCUT2D eigenvalue weighted by molar-refractivity contribution is -0.135. The van der Waals surface area contributed by atoms with Crippen molar-refractivity contribution in [3.8, 4) is 0 Å². The maximum Gasteiger partial charge on any atom is 0.227 e. The van der Waals surface area contributed by atoms with Crippen molar-refractivity contribution in [1.29, 1.82) is 0 Å². The average Bonchev–Trinajstić information content (AvgIpc) is 2.34. The van der Waals surface area contributed by atoms with Gasteiger partial charge in [0.15, 0.2) is 0 Å². The van der Waals surface area contributed by atoms with Crippen LogP contribution in [0.1, 0.15) is 25.0 Å². The van der Waals surface area contributed by atoms with Crippen molar-refractivity contribution in [2.45, 2.75) is 27.3 Å². The van der Waals surface area contributed by atoms with Gasteiger partial charge in [-0.3, -0.25) is 4.79 Å². The summed E-state index contributed by atoms with van der Waals surface area (Å²) in [6.07, 6.45) is 0. The summed E-state index contributed by atoms with van der Waals surface area (Å²) in [6.45, 7) is 7.15. The first-order valence-electron chi connectivity index (χ1n) is 6.56. The summed E-state index contributed by atoms with van der Waals surface area (Å²) in [4.78, 5) is 14.1. The quantitative estimate of drug-likeness (QED) is 0.904. The number of rotatable bonds is 5. The van der Waals surface area contributed by atoms with Gasteiger partial charge in [-0.05, 0) is 36.1 Å². The van der Waals surface area contributed by atoms with Gasteiger partial charge in [0.2, 0.25) is 5.91 Å². The van der Waals surface area contributed by atoms with E-state index >= 15 is 0 Å². The Morgan fingerprint density at radius 2 is 2.05 bits per heavy atom. The van der Waals surface area contributed by atoms with E-state index in [1.54, 1.807) is 4.90 Å². The number of hydrogen-bond donors (Lipinski definition) is 1. The van der Waals surface area contributed by atoms with E-state index < -0.39 is 0 Å². The molecule has 0 fully saturated rings. The van der Waals surface area contributed by atoms with Crippen LogP contribution < -0.4 is 5.73 Å². The van der Waals surface area contributed by atoms with E-state index in [4.69, 9.17) is 5.73 Å². The van der Waals surface area contributed by atoms with Crippen LogP contribution in [0.25, 0.3) is 0 Å². The number of nitrogens with two attached hydrogens (primary N) is 1. The minimum atomic E-state index is -0.0996.